The van der Waals surface area contributed by atoms with E-state index in [0.717, 1.165) is 38.2 Å². The van der Waals surface area contributed by atoms with Crippen LogP contribution in [0.15, 0.2) is 24.3 Å². The van der Waals surface area contributed by atoms with Gasteiger partial charge in [-0.3, -0.25) is 4.79 Å². The smallest absolute Gasteiger partial charge is 0.134 e. The van der Waals surface area contributed by atoms with Crippen LogP contribution in [0, 0.1) is 0 Å². The lowest BCUT2D eigenvalue weighted by atomic mass is 10.0. The maximum absolute atomic E-state index is 12.0. The first-order valence-corrected chi connectivity index (χ1v) is 9.71. The second-order valence-corrected chi connectivity index (χ2v) is 6.84. The highest BCUT2D eigenvalue weighted by Crippen LogP contribution is 2.25. The molecule has 0 amide bonds. The largest absolute Gasteiger partial charge is 0.490 e. The molecule has 0 spiro atoms. The number of ether oxygens (including phenoxy) is 1. The van der Waals surface area contributed by atoms with E-state index in [4.69, 9.17) is 4.74 Å². The van der Waals surface area contributed by atoms with Crippen molar-refractivity contribution in [3.63, 3.8) is 0 Å². The van der Waals surface area contributed by atoms with Crippen LogP contribution >= 0.6 is 0 Å². The van der Waals surface area contributed by atoms with Crippen molar-refractivity contribution in [2.45, 2.75) is 71.3 Å². The van der Waals surface area contributed by atoms with Gasteiger partial charge in [-0.2, -0.15) is 0 Å². The number of ketones is 1. The maximum atomic E-state index is 12.0. The van der Waals surface area contributed by atoms with Gasteiger partial charge >= 0.3 is 0 Å². The molecule has 0 saturated heterocycles. The lowest BCUT2D eigenvalue weighted by molar-refractivity contribution is -0.119. The van der Waals surface area contributed by atoms with Gasteiger partial charge in [-0.15, -0.1) is 0 Å². The molecule has 1 aromatic carbocycles. The van der Waals surface area contributed by atoms with Gasteiger partial charge in [0.25, 0.3) is 0 Å². The average molecular weight is 332 g/mol. The van der Waals surface area contributed by atoms with Crippen molar-refractivity contribution >= 4 is 5.78 Å². The van der Waals surface area contributed by atoms with Crippen molar-refractivity contribution in [2.75, 3.05) is 19.6 Å². The van der Waals surface area contributed by atoms with E-state index >= 15 is 0 Å². The summed E-state index contributed by atoms with van der Waals surface area (Å²) < 4.78 is 6.06. The van der Waals surface area contributed by atoms with E-state index in [1.807, 2.05) is 0 Å². The van der Waals surface area contributed by atoms with Crippen LogP contribution in [0.2, 0.25) is 0 Å². The molecule has 1 aliphatic rings. The topological polar surface area (TPSA) is 29.5 Å². The normalized spacial score (nSPS) is 15.1. The van der Waals surface area contributed by atoms with Crippen LogP contribution in [-0.4, -0.2) is 36.4 Å². The predicted octanol–water partition coefficient (Wildman–Crippen LogP) is 4.63. The fourth-order valence-electron chi connectivity index (χ4n) is 3.41. The summed E-state index contributed by atoms with van der Waals surface area (Å²) in [5, 5.41) is 0. The minimum atomic E-state index is 0.389. The molecule has 24 heavy (non-hydrogen) atoms. The Morgan fingerprint density at radius 2 is 1.92 bits per heavy atom. The molecule has 0 bridgehead atoms. The van der Waals surface area contributed by atoms with Crippen LogP contribution in [0.4, 0.5) is 0 Å². The van der Waals surface area contributed by atoms with Gasteiger partial charge in [0.15, 0.2) is 0 Å². The van der Waals surface area contributed by atoms with Gasteiger partial charge in [-0.25, -0.2) is 0 Å². The number of hydrogen-bond donors (Lipinski definition) is 0. The number of benzene rings is 1. The van der Waals surface area contributed by atoms with E-state index in [0.29, 0.717) is 24.7 Å². The van der Waals surface area contributed by atoms with Crippen molar-refractivity contribution in [1.29, 1.82) is 0 Å². The second kappa shape index (κ2) is 10.5. The van der Waals surface area contributed by atoms with Gasteiger partial charge < -0.3 is 9.64 Å². The Balaban J connectivity index is 1.69. The monoisotopic (exact) mass is 331 g/mol. The van der Waals surface area contributed by atoms with E-state index in [1.165, 1.54) is 31.2 Å². The third-order valence-electron chi connectivity index (χ3n) is 5.03. The van der Waals surface area contributed by atoms with Crippen molar-refractivity contribution in [1.82, 2.24) is 4.90 Å². The Labute approximate surface area is 147 Å². The van der Waals surface area contributed by atoms with Crippen molar-refractivity contribution < 1.29 is 9.53 Å². The minimum absolute atomic E-state index is 0.389. The van der Waals surface area contributed by atoms with Gasteiger partial charge in [-0.1, -0.05) is 26.0 Å². The average Bonchev–Trinajstić information content (AvgIpc) is 3.09. The number of Topliss-reactive ketones (excluding diaryl/α,β-unsaturated/α-hetero) is 1. The number of hydrogen-bond acceptors (Lipinski definition) is 3. The Kier molecular flexibility index (Phi) is 8.31. The molecule has 1 aromatic rings. The first-order valence-electron chi connectivity index (χ1n) is 9.71. The summed E-state index contributed by atoms with van der Waals surface area (Å²) in [5.74, 6) is 1.38. The number of nitrogens with zero attached hydrogens (tertiary/aromatic N) is 1. The predicted molar refractivity (Wildman–Crippen MR) is 99.7 cm³/mol. The summed E-state index contributed by atoms with van der Waals surface area (Å²) in [5.41, 5.74) is 1.28. The molecule has 3 nitrogen and oxygen atoms in total. The summed E-state index contributed by atoms with van der Waals surface area (Å²) in [6.07, 6.45) is 8.63. The molecule has 1 aliphatic carbocycles. The van der Waals surface area contributed by atoms with Crippen LogP contribution in [0.25, 0.3) is 0 Å². The number of rotatable bonds is 11. The lowest BCUT2D eigenvalue weighted by Crippen LogP contribution is -2.25. The zero-order valence-corrected chi connectivity index (χ0v) is 15.4. The zero-order chi connectivity index (χ0) is 17.2. The molecule has 3 heteroatoms. The van der Waals surface area contributed by atoms with Crippen LogP contribution < -0.4 is 4.74 Å². The molecule has 1 saturated carbocycles. The molecule has 0 aromatic heterocycles. The number of carbonyl (C=O) groups excluding carboxylic acids is 1. The molecule has 0 unspecified atom stereocenters. The van der Waals surface area contributed by atoms with Crippen LogP contribution in [-0.2, 0) is 11.2 Å². The first kappa shape index (κ1) is 19.0. The summed E-state index contributed by atoms with van der Waals surface area (Å²) in [6, 6.07) is 8.42. The van der Waals surface area contributed by atoms with Gasteiger partial charge in [-0.05, 0) is 69.3 Å². The molecule has 1 fully saturated rings. The van der Waals surface area contributed by atoms with E-state index in [2.05, 4.69) is 43.0 Å². The third-order valence-corrected chi connectivity index (χ3v) is 5.03. The molecule has 0 N–H and O–H groups in total. The van der Waals surface area contributed by atoms with Crippen LogP contribution in [0.1, 0.15) is 64.4 Å². The van der Waals surface area contributed by atoms with E-state index in [-0.39, 0.29) is 0 Å². The maximum Gasteiger partial charge on any atom is 0.134 e. The molecule has 0 aliphatic heterocycles. The quantitative estimate of drug-likeness (QED) is 0.592. The third kappa shape index (κ3) is 6.64. The Bertz CT molecular complexity index is 490. The fraction of sp³-hybridized carbons (Fsp3) is 0.667. The molecule has 0 heterocycles. The Morgan fingerprint density at radius 3 is 2.62 bits per heavy atom. The second-order valence-electron chi connectivity index (χ2n) is 6.84. The highest BCUT2D eigenvalue weighted by atomic mass is 16.5. The Morgan fingerprint density at radius 1 is 1.17 bits per heavy atom. The number of carbonyl (C=O) groups is 1. The molecule has 0 radical (unpaired) electrons. The molecular formula is C21H33NO2. The molecule has 0 atom stereocenters. The highest BCUT2D eigenvalue weighted by Gasteiger charge is 2.16. The van der Waals surface area contributed by atoms with Crippen molar-refractivity contribution in [3.8, 4) is 5.75 Å². The lowest BCUT2D eigenvalue weighted by Gasteiger charge is -2.17. The highest BCUT2D eigenvalue weighted by molar-refractivity contribution is 5.78. The first-order chi connectivity index (χ1) is 11.7. The van der Waals surface area contributed by atoms with Crippen LogP contribution in [0.3, 0.4) is 0 Å². The molecule has 134 valence electrons. The fourth-order valence-corrected chi connectivity index (χ4v) is 3.41. The van der Waals surface area contributed by atoms with Crippen molar-refractivity contribution in [2.24, 2.45) is 0 Å². The van der Waals surface area contributed by atoms with E-state index in [9.17, 15) is 4.79 Å². The SMILES string of the molecule is CCN(CC)CCC(=O)CCCc1cccc(OC2CCCC2)c1. The van der Waals surface area contributed by atoms with Crippen molar-refractivity contribution in [3.05, 3.63) is 29.8 Å². The minimum Gasteiger partial charge on any atom is -0.490 e. The van der Waals surface area contributed by atoms with Gasteiger partial charge in [0.1, 0.15) is 11.5 Å². The summed E-state index contributed by atoms with van der Waals surface area (Å²) in [6.45, 7) is 7.24. The summed E-state index contributed by atoms with van der Waals surface area (Å²) in [7, 11) is 0. The van der Waals surface area contributed by atoms with Gasteiger partial charge in [0.05, 0.1) is 6.10 Å². The molecule has 2 rings (SSSR count). The Hall–Kier alpha value is -1.35. The summed E-state index contributed by atoms with van der Waals surface area (Å²) >= 11 is 0. The van der Waals surface area contributed by atoms with Crippen LogP contribution in [0.5, 0.6) is 5.75 Å². The molecular weight excluding hydrogens is 298 g/mol. The van der Waals surface area contributed by atoms with Gasteiger partial charge in [0, 0.05) is 19.4 Å². The van der Waals surface area contributed by atoms with E-state index in [1.54, 1.807) is 0 Å². The number of aryl methyl sites for hydroxylation is 1. The summed E-state index contributed by atoms with van der Waals surface area (Å²) in [4.78, 5) is 14.3. The zero-order valence-electron chi connectivity index (χ0n) is 15.4. The van der Waals surface area contributed by atoms with Gasteiger partial charge in [0.2, 0.25) is 0 Å². The standard InChI is InChI=1S/C21H33NO2/c1-3-22(4-2)16-15-19(23)11-7-9-18-10-8-14-21(17-18)24-20-12-5-6-13-20/h8,10,14,17,20H,3-7,9,11-13,15-16H2,1-2H3. The van der Waals surface area contributed by atoms with E-state index < -0.39 is 0 Å².